The van der Waals surface area contributed by atoms with E-state index >= 15 is 0 Å². The van der Waals surface area contributed by atoms with Gasteiger partial charge in [-0.2, -0.15) is 0 Å². The van der Waals surface area contributed by atoms with Crippen molar-refractivity contribution in [1.82, 2.24) is 4.98 Å². The fourth-order valence-corrected chi connectivity index (χ4v) is 3.00. The zero-order valence-electron chi connectivity index (χ0n) is 11.2. The Kier molecular flexibility index (Phi) is 3.92. The normalized spacial score (nSPS) is 10.6. The maximum absolute atomic E-state index is 13.3. The Morgan fingerprint density at radius 1 is 1.18 bits per heavy atom. The third kappa shape index (κ3) is 2.86. The van der Waals surface area contributed by atoms with Crippen molar-refractivity contribution in [3.8, 4) is 11.3 Å². The molecule has 2 aromatic carbocycles. The summed E-state index contributed by atoms with van der Waals surface area (Å²) < 4.78 is 13.3. The first-order valence-corrected chi connectivity index (χ1v) is 7.56. The topological polar surface area (TPSA) is 56.0 Å². The Bertz CT molecular complexity index is 846. The number of rotatable bonds is 3. The Balaban J connectivity index is 2.08. The monoisotopic (exact) mass is 332 g/mol. The lowest BCUT2D eigenvalue weighted by atomic mass is 10.1. The fraction of sp³-hybridized carbons (Fsp3) is 0. The van der Waals surface area contributed by atoms with Crippen LogP contribution in [0.1, 0.15) is 15.2 Å². The van der Waals surface area contributed by atoms with Crippen LogP contribution in [0.3, 0.4) is 0 Å². The zero-order chi connectivity index (χ0) is 15.7. The van der Waals surface area contributed by atoms with Crippen molar-refractivity contribution in [2.24, 2.45) is 0 Å². The van der Waals surface area contributed by atoms with Crippen LogP contribution in [0.25, 0.3) is 11.3 Å². The molecule has 110 valence electrons. The van der Waals surface area contributed by atoms with Gasteiger partial charge < -0.3 is 5.73 Å². The van der Waals surface area contributed by atoms with E-state index in [9.17, 15) is 9.18 Å². The summed E-state index contributed by atoms with van der Waals surface area (Å²) in [6, 6.07) is 12.5. The molecule has 0 atom stereocenters. The van der Waals surface area contributed by atoms with Crippen LogP contribution in [0.5, 0.6) is 0 Å². The van der Waals surface area contributed by atoms with E-state index in [1.807, 2.05) is 0 Å². The van der Waals surface area contributed by atoms with Gasteiger partial charge in [0.1, 0.15) is 10.7 Å². The quantitative estimate of drug-likeness (QED) is 0.722. The number of nitrogens with zero attached hydrogens (tertiary/aromatic N) is 1. The molecule has 22 heavy (non-hydrogen) atoms. The Hall–Kier alpha value is -2.24. The summed E-state index contributed by atoms with van der Waals surface area (Å²) in [6.07, 6.45) is 0. The average Bonchev–Trinajstić information content (AvgIpc) is 2.89. The molecule has 0 aliphatic rings. The number of anilines is 1. The molecule has 2 N–H and O–H groups in total. The number of nitrogen functional groups attached to an aromatic ring is 1. The lowest BCUT2D eigenvalue weighted by molar-refractivity contribution is 0.104. The van der Waals surface area contributed by atoms with Crippen molar-refractivity contribution in [1.29, 1.82) is 0 Å². The summed E-state index contributed by atoms with van der Waals surface area (Å²) in [5.41, 5.74) is 7.22. The van der Waals surface area contributed by atoms with Gasteiger partial charge in [0.25, 0.3) is 0 Å². The summed E-state index contributed by atoms with van der Waals surface area (Å²) in [6.45, 7) is 0. The van der Waals surface area contributed by atoms with Gasteiger partial charge in [0.2, 0.25) is 5.78 Å². The third-order valence-electron chi connectivity index (χ3n) is 3.05. The van der Waals surface area contributed by atoms with Crippen molar-refractivity contribution in [2.75, 3.05) is 5.73 Å². The molecular weight excluding hydrogens is 323 g/mol. The van der Waals surface area contributed by atoms with Gasteiger partial charge in [0.05, 0.1) is 5.69 Å². The lowest BCUT2D eigenvalue weighted by Gasteiger charge is -2.03. The van der Waals surface area contributed by atoms with Gasteiger partial charge in [-0.05, 0) is 24.3 Å². The van der Waals surface area contributed by atoms with Crippen molar-refractivity contribution in [3.63, 3.8) is 0 Å². The molecule has 0 aliphatic carbocycles. The molecule has 0 aliphatic heterocycles. The summed E-state index contributed by atoms with van der Waals surface area (Å²) in [5, 5.41) is 0.870. The molecule has 1 aromatic heterocycles. The molecule has 0 radical (unpaired) electrons. The van der Waals surface area contributed by atoms with Crippen molar-refractivity contribution in [2.45, 2.75) is 0 Å². The Morgan fingerprint density at radius 2 is 1.91 bits per heavy atom. The van der Waals surface area contributed by atoms with Crippen LogP contribution in [0.15, 0.2) is 48.5 Å². The van der Waals surface area contributed by atoms with E-state index in [2.05, 4.69) is 4.98 Å². The number of halogens is 2. The maximum atomic E-state index is 13.3. The summed E-state index contributed by atoms with van der Waals surface area (Å²) in [7, 11) is 0. The first-order valence-electron chi connectivity index (χ1n) is 6.37. The largest absolute Gasteiger partial charge is 0.375 e. The van der Waals surface area contributed by atoms with Gasteiger partial charge in [0.15, 0.2) is 5.13 Å². The van der Waals surface area contributed by atoms with E-state index in [-0.39, 0.29) is 16.5 Å². The highest BCUT2D eigenvalue weighted by atomic mass is 35.5. The predicted molar refractivity (Wildman–Crippen MR) is 86.8 cm³/mol. The average molecular weight is 333 g/mol. The molecular formula is C16H10ClFN2OS. The van der Waals surface area contributed by atoms with Crippen LogP contribution < -0.4 is 5.73 Å². The summed E-state index contributed by atoms with van der Waals surface area (Å²) in [5.74, 6) is -0.768. The molecule has 0 unspecified atom stereocenters. The second kappa shape index (κ2) is 5.87. The minimum absolute atomic E-state index is 0.263. The molecule has 3 nitrogen and oxygen atoms in total. The summed E-state index contributed by atoms with van der Waals surface area (Å²) in [4.78, 5) is 17.2. The van der Waals surface area contributed by atoms with Gasteiger partial charge in [-0.15, -0.1) is 0 Å². The van der Waals surface area contributed by atoms with Crippen LogP contribution in [0.2, 0.25) is 5.02 Å². The lowest BCUT2D eigenvalue weighted by Crippen LogP contribution is -2.01. The Labute approximate surface area is 135 Å². The molecule has 6 heteroatoms. The number of aromatic nitrogens is 1. The smallest absolute Gasteiger partial charge is 0.205 e. The minimum Gasteiger partial charge on any atom is -0.375 e. The van der Waals surface area contributed by atoms with Crippen LogP contribution in [-0.4, -0.2) is 10.8 Å². The van der Waals surface area contributed by atoms with Crippen molar-refractivity contribution < 1.29 is 9.18 Å². The Morgan fingerprint density at radius 3 is 2.59 bits per heavy atom. The number of hydrogen-bond acceptors (Lipinski definition) is 4. The first kappa shape index (κ1) is 14.7. The highest BCUT2D eigenvalue weighted by molar-refractivity contribution is 7.18. The van der Waals surface area contributed by atoms with E-state index in [1.165, 1.54) is 18.2 Å². The molecule has 0 bridgehead atoms. The molecule has 0 amide bonds. The minimum atomic E-state index is -0.462. The van der Waals surface area contributed by atoms with Gasteiger partial charge in [0, 0.05) is 16.1 Å². The predicted octanol–water partition coefficient (Wildman–Crippen LogP) is 4.42. The summed E-state index contributed by atoms with van der Waals surface area (Å²) >= 11 is 6.95. The van der Waals surface area contributed by atoms with E-state index in [1.54, 1.807) is 30.3 Å². The zero-order valence-corrected chi connectivity index (χ0v) is 12.8. The highest BCUT2D eigenvalue weighted by Gasteiger charge is 2.20. The number of carbonyl (C=O) groups excluding carboxylic acids is 1. The van der Waals surface area contributed by atoms with E-state index < -0.39 is 5.82 Å². The number of thiazole rings is 1. The van der Waals surface area contributed by atoms with Crippen molar-refractivity contribution >= 4 is 33.9 Å². The standard InChI is InChI=1S/C16H10ClFN2OS/c17-11-6-4-9(5-7-11)13-15(22-16(19)20-13)14(21)10-2-1-3-12(18)8-10/h1-8H,(H2,19,20). The third-order valence-corrected chi connectivity index (χ3v) is 4.19. The highest BCUT2D eigenvalue weighted by Crippen LogP contribution is 2.32. The SMILES string of the molecule is Nc1nc(-c2ccc(Cl)cc2)c(C(=O)c2cccc(F)c2)s1. The van der Waals surface area contributed by atoms with Gasteiger partial charge >= 0.3 is 0 Å². The van der Waals surface area contributed by atoms with E-state index in [0.29, 0.717) is 15.6 Å². The van der Waals surface area contributed by atoms with Crippen LogP contribution in [0, 0.1) is 5.82 Å². The number of benzene rings is 2. The van der Waals surface area contributed by atoms with E-state index in [0.717, 1.165) is 16.9 Å². The van der Waals surface area contributed by atoms with Crippen molar-refractivity contribution in [3.05, 3.63) is 69.8 Å². The van der Waals surface area contributed by atoms with Gasteiger partial charge in [-0.1, -0.05) is 47.2 Å². The molecule has 0 saturated heterocycles. The second-order valence-electron chi connectivity index (χ2n) is 4.58. The number of ketones is 1. The molecule has 3 aromatic rings. The number of hydrogen-bond donors (Lipinski definition) is 1. The number of nitrogens with two attached hydrogens (primary N) is 1. The first-order chi connectivity index (χ1) is 10.5. The molecule has 3 rings (SSSR count). The van der Waals surface area contributed by atoms with Gasteiger partial charge in [-0.3, -0.25) is 4.79 Å². The van der Waals surface area contributed by atoms with Crippen LogP contribution in [-0.2, 0) is 0 Å². The second-order valence-corrected chi connectivity index (χ2v) is 6.04. The number of carbonyl (C=O) groups is 1. The fourth-order valence-electron chi connectivity index (χ4n) is 2.05. The van der Waals surface area contributed by atoms with Crippen LogP contribution in [0.4, 0.5) is 9.52 Å². The molecule has 1 heterocycles. The van der Waals surface area contributed by atoms with Gasteiger partial charge in [-0.25, -0.2) is 9.37 Å². The van der Waals surface area contributed by atoms with E-state index in [4.69, 9.17) is 17.3 Å². The maximum Gasteiger partial charge on any atom is 0.205 e. The molecule has 0 fully saturated rings. The molecule has 0 saturated carbocycles. The van der Waals surface area contributed by atoms with Crippen LogP contribution >= 0.6 is 22.9 Å². The molecule has 0 spiro atoms.